The monoisotopic (exact) mass is 331 g/mol. The molecule has 0 atom stereocenters. The Morgan fingerprint density at radius 2 is 2.00 bits per heavy atom. The average molecular weight is 331 g/mol. The summed E-state index contributed by atoms with van der Waals surface area (Å²) in [5.41, 5.74) is 1.71. The minimum atomic E-state index is 0.0526. The number of anilines is 2. The Hall–Kier alpha value is -2.15. The Labute approximate surface area is 140 Å². The normalized spacial score (nSPS) is 14.9. The lowest BCUT2D eigenvalue weighted by molar-refractivity contribution is 0.0747. The maximum absolute atomic E-state index is 12.8. The molecule has 122 valence electrons. The quantitative estimate of drug-likeness (QED) is 0.859. The maximum Gasteiger partial charge on any atom is 0.257 e. The molecule has 1 aliphatic rings. The van der Waals surface area contributed by atoms with Crippen LogP contribution in [0.15, 0.2) is 23.7 Å². The summed E-state index contributed by atoms with van der Waals surface area (Å²) < 4.78 is 0. The zero-order valence-corrected chi connectivity index (χ0v) is 14.5. The van der Waals surface area contributed by atoms with Gasteiger partial charge in [0.2, 0.25) is 0 Å². The predicted octanol–water partition coefficient (Wildman–Crippen LogP) is 1.87. The lowest BCUT2D eigenvalue weighted by atomic mass is 10.2. The van der Waals surface area contributed by atoms with Gasteiger partial charge in [-0.2, -0.15) is 0 Å². The number of thiazole rings is 1. The maximum atomic E-state index is 12.8. The smallest absolute Gasteiger partial charge is 0.257 e. The SMILES string of the molecule is Cc1csc(N2CCN(C(=O)c3cccnc3N(C)C)CC2)n1. The number of aryl methyl sites for hydroxylation is 1. The van der Waals surface area contributed by atoms with E-state index < -0.39 is 0 Å². The van der Waals surface area contributed by atoms with Crippen LogP contribution in [0.25, 0.3) is 0 Å². The molecule has 1 amide bonds. The largest absolute Gasteiger partial charge is 0.362 e. The molecule has 23 heavy (non-hydrogen) atoms. The summed E-state index contributed by atoms with van der Waals surface area (Å²) in [6, 6.07) is 3.66. The van der Waals surface area contributed by atoms with Gasteiger partial charge >= 0.3 is 0 Å². The second-order valence-electron chi connectivity index (χ2n) is 5.82. The van der Waals surface area contributed by atoms with Crippen molar-refractivity contribution in [3.8, 4) is 0 Å². The molecule has 1 aliphatic heterocycles. The first-order valence-electron chi connectivity index (χ1n) is 7.65. The second kappa shape index (κ2) is 6.54. The number of hydrogen-bond donors (Lipinski definition) is 0. The van der Waals surface area contributed by atoms with E-state index in [1.165, 1.54) is 0 Å². The van der Waals surface area contributed by atoms with Crippen LogP contribution in [0, 0.1) is 6.92 Å². The number of carbonyl (C=O) groups excluding carboxylic acids is 1. The van der Waals surface area contributed by atoms with Crippen molar-refractivity contribution in [2.45, 2.75) is 6.92 Å². The zero-order valence-electron chi connectivity index (χ0n) is 13.7. The molecule has 0 N–H and O–H groups in total. The van der Waals surface area contributed by atoms with Crippen LogP contribution >= 0.6 is 11.3 Å². The first-order valence-corrected chi connectivity index (χ1v) is 8.53. The van der Waals surface area contributed by atoms with E-state index in [1.807, 2.05) is 43.0 Å². The summed E-state index contributed by atoms with van der Waals surface area (Å²) in [5.74, 6) is 0.771. The molecule has 7 heteroatoms. The molecule has 3 heterocycles. The third-order valence-corrected chi connectivity index (χ3v) is 4.90. The number of amides is 1. The van der Waals surface area contributed by atoms with Crippen LogP contribution in [0.4, 0.5) is 10.9 Å². The van der Waals surface area contributed by atoms with Gasteiger partial charge in [-0.15, -0.1) is 11.3 Å². The highest BCUT2D eigenvalue weighted by atomic mass is 32.1. The van der Waals surface area contributed by atoms with Crippen LogP contribution < -0.4 is 9.80 Å². The van der Waals surface area contributed by atoms with Crippen LogP contribution in [0.2, 0.25) is 0 Å². The molecule has 0 saturated carbocycles. The number of aromatic nitrogens is 2. The van der Waals surface area contributed by atoms with Crippen molar-refractivity contribution in [3.63, 3.8) is 0 Å². The van der Waals surface area contributed by atoms with Crippen molar-refractivity contribution < 1.29 is 4.79 Å². The minimum Gasteiger partial charge on any atom is -0.362 e. The van der Waals surface area contributed by atoms with Gasteiger partial charge in [-0.05, 0) is 19.1 Å². The van der Waals surface area contributed by atoms with Gasteiger partial charge in [0.1, 0.15) is 5.82 Å². The van der Waals surface area contributed by atoms with E-state index in [2.05, 4.69) is 20.2 Å². The molecule has 0 spiro atoms. The molecule has 3 rings (SSSR count). The van der Waals surface area contributed by atoms with Gasteiger partial charge < -0.3 is 14.7 Å². The molecular formula is C16H21N5OS. The fraction of sp³-hybridized carbons (Fsp3) is 0.438. The van der Waals surface area contributed by atoms with E-state index in [-0.39, 0.29) is 5.91 Å². The number of hydrogen-bond acceptors (Lipinski definition) is 6. The first-order chi connectivity index (χ1) is 11.1. The van der Waals surface area contributed by atoms with Crippen LogP contribution in [-0.2, 0) is 0 Å². The molecule has 6 nitrogen and oxygen atoms in total. The molecule has 2 aromatic rings. The number of nitrogens with zero attached hydrogens (tertiary/aromatic N) is 5. The Kier molecular flexibility index (Phi) is 4.47. The molecule has 0 unspecified atom stereocenters. The van der Waals surface area contributed by atoms with Crippen molar-refractivity contribution >= 4 is 28.2 Å². The molecule has 0 aliphatic carbocycles. The minimum absolute atomic E-state index is 0.0526. The van der Waals surface area contributed by atoms with E-state index in [0.717, 1.165) is 29.7 Å². The highest BCUT2D eigenvalue weighted by Gasteiger charge is 2.25. The van der Waals surface area contributed by atoms with Crippen LogP contribution in [-0.4, -0.2) is 61.0 Å². The molecule has 1 saturated heterocycles. The summed E-state index contributed by atoms with van der Waals surface area (Å²) in [6.45, 7) is 5.05. The fourth-order valence-electron chi connectivity index (χ4n) is 2.68. The predicted molar refractivity (Wildman–Crippen MR) is 93.5 cm³/mol. The third kappa shape index (κ3) is 3.29. The van der Waals surface area contributed by atoms with Crippen molar-refractivity contribution in [1.82, 2.24) is 14.9 Å². The molecular weight excluding hydrogens is 310 g/mol. The van der Waals surface area contributed by atoms with Crippen molar-refractivity contribution in [2.24, 2.45) is 0 Å². The van der Waals surface area contributed by atoms with E-state index in [9.17, 15) is 4.79 Å². The number of carbonyl (C=O) groups is 1. The van der Waals surface area contributed by atoms with Gasteiger partial charge in [0.05, 0.1) is 11.3 Å². The molecule has 0 aromatic carbocycles. The van der Waals surface area contributed by atoms with Crippen molar-refractivity contribution in [2.75, 3.05) is 50.1 Å². The van der Waals surface area contributed by atoms with Crippen molar-refractivity contribution in [1.29, 1.82) is 0 Å². The molecule has 0 bridgehead atoms. The average Bonchev–Trinajstić information content (AvgIpc) is 3.01. The summed E-state index contributed by atoms with van der Waals surface area (Å²) in [4.78, 5) is 27.7. The van der Waals surface area contributed by atoms with Crippen LogP contribution in [0.3, 0.4) is 0 Å². The Bertz CT molecular complexity index is 691. The third-order valence-electron chi connectivity index (χ3n) is 3.88. The van der Waals surface area contributed by atoms with E-state index in [0.29, 0.717) is 18.7 Å². The van der Waals surface area contributed by atoms with Gasteiger partial charge in [-0.1, -0.05) is 0 Å². The highest BCUT2D eigenvalue weighted by Crippen LogP contribution is 2.23. The van der Waals surface area contributed by atoms with Gasteiger partial charge in [0.25, 0.3) is 5.91 Å². The number of rotatable bonds is 3. The molecule has 0 radical (unpaired) electrons. The number of piperazine rings is 1. The van der Waals surface area contributed by atoms with Gasteiger partial charge in [0, 0.05) is 51.9 Å². The first kappa shape index (κ1) is 15.7. The Balaban J connectivity index is 1.69. The van der Waals surface area contributed by atoms with Crippen molar-refractivity contribution in [3.05, 3.63) is 35.0 Å². The van der Waals surface area contributed by atoms with E-state index in [1.54, 1.807) is 17.5 Å². The second-order valence-corrected chi connectivity index (χ2v) is 6.66. The van der Waals surface area contributed by atoms with Gasteiger partial charge in [-0.3, -0.25) is 4.79 Å². The lowest BCUT2D eigenvalue weighted by Gasteiger charge is -2.35. The van der Waals surface area contributed by atoms with E-state index >= 15 is 0 Å². The molecule has 2 aromatic heterocycles. The number of pyridine rings is 1. The zero-order chi connectivity index (χ0) is 16.4. The summed E-state index contributed by atoms with van der Waals surface area (Å²) >= 11 is 1.66. The highest BCUT2D eigenvalue weighted by molar-refractivity contribution is 7.13. The lowest BCUT2D eigenvalue weighted by Crippen LogP contribution is -2.49. The van der Waals surface area contributed by atoms with E-state index in [4.69, 9.17) is 0 Å². The van der Waals surface area contributed by atoms with Crippen LogP contribution in [0.1, 0.15) is 16.1 Å². The summed E-state index contributed by atoms with van der Waals surface area (Å²) in [5, 5.41) is 3.11. The summed E-state index contributed by atoms with van der Waals surface area (Å²) in [6.07, 6.45) is 1.72. The Morgan fingerprint density at radius 1 is 1.26 bits per heavy atom. The summed E-state index contributed by atoms with van der Waals surface area (Å²) in [7, 11) is 3.81. The fourth-order valence-corrected chi connectivity index (χ4v) is 3.54. The van der Waals surface area contributed by atoms with Gasteiger partial charge in [0.15, 0.2) is 5.13 Å². The van der Waals surface area contributed by atoms with Gasteiger partial charge in [-0.25, -0.2) is 9.97 Å². The van der Waals surface area contributed by atoms with Crippen LogP contribution in [0.5, 0.6) is 0 Å². The Morgan fingerprint density at radius 3 is 2.61 bits per heavy atom. The standard InChI is InChI=1S/C16H21N5OS/c1-12-11-23-16(18-12)21-9-7-20(8-10-21)15(22)13-5-4-6-17-14(13)19(2)3/h4-6,11H,7-10H2,1-3H3. The molecule has 1 fully saturated rings. The topological polar surface area (TPSA) is 52.6 Å².